The van der Waals surface area contributed by atoms with E-state index in [4.69, 9.17) is 10.6 Å². The number of nitrogens with zero attached hydrogens (tertiary/aromatic N) is 6. The fourth-order valence-electron chi connectivity index (χ4n) is 2.34. The van der Waals surface area contributed by atoms with Crippen LogP contribution in [0.3, 0.4) is 0 Å². The Bertz CT molecular complexity index is 579. The molecule has 0 aliphatic carbocycles. The standard InChI is InChI=1S/C12H18N8O/c1-21-9-2-5-19(6-3-9)11-15-10(18-13)16-12(17-11)20-7-4-14-8-20/h4,7-9H,2-3,5-6,13H2,1H3,(H,15,16,17,18). The largest absolute Gasteiger partial charge is 0.381 e. The van der Waals surface area contributed by atoms with Crippen molar-refractivity contribution >= 4 is 11.9 Å². The van der Waals surface area contributed by atoms with Crippen molar-refractivity contribution in [1.82, 2.24) is 24.5 Å². The lowest BCUT2D eigenvalue weighted by atomic mass is 10.1. The predicted octanol–water partition coefficient (Wildman–Crippen LogP) is -0.0419. The second-order valence-electron chi connectivity index (χ2n) is 4.80. The highest BCUT2D eigenvalue weighted by molar-refractivity contribution is 5.40. The molecule has 0 amide bonds. The number of nitrogen functional groups attached to an aromatic ring is 1. The maximum atomic E-state index is 5.45. The quantitative estimate of drug-likeness (QED) is 0.596. The summed E-state index contributed by atoms with van der Waals surface area (Å²) in [6, 6.07) is 0. The van der Waals surface area contributed by atoms with Gasteiger partial charge in [0, 0.05) is 32.6 Å². The van der Waals surface area contributed by atoms with Crippen LogP contribution in [0, 0.1) is 0 Å². The molecule has 3 N–H and O–H groups in total. The fourth-order valence-corrected chi connectivity index (χ4v) is 2.34. The molecule has 1 fully saturated rings. The summed E-state index contributed by atoms with van der Waals surface area (Å²) < 4.78 is 7.09. The van der Waals surface area contributed by atoms with E-state index in [2.05, 4.69) is 30.3 Å². The van der Waals surface area contributed by atoms with Gasteiger partial charge in [-0.25, -0.2) is 10.8 Å². The second-order valence-corrected chi connectivity index (χ2v) is 4.80. The minimum atomic E-state index is 0.309. The summed E-state index contributed by atoms with van der Waals surface area (Å²) in [5.41, 5.74) is 2.48. The molecule has 0 spiro atoms. The molecule has 0 radical (unpaired) electrons. The molecular weight excluding hydrogens is 272 g/mol. The molecule has 0 aromatic carbocycles. The van der Waals surface area contributed by atoms with E-state index in [1.165, 1.54) is 0 Å². The van der Waals surface area contributed by atoms with Crippen LogP contribution in [0.1, 0.15) is 12.8 Å². The van der Waals surface area contributed by atoms with E-state index in [1.54, 1.807) is 30.4 Å². The van der Waals surface area contributed by atoms with Crippen molar-refractivity contribution in [2.45, 2.75) is 18.9 Å². The van der Waals surface area contributed by atoms with Gasteiger partial charge >= 0.3 is 0 Å². The SMILES string of the molecule is COC1CCN(c2nc(NN)nc(-n3ccnc3)n2)CC1. The minimum Gasteiger partial charge on any atom is -0.381 e. The lowest BCUT2D eigenvalue weighted by molar-refractivity contribution is 0.0816. The molecule has 1 aliphatic heterocycles. The predicted molar refractivity (Wildman–Crippen MR) is 77.0 cm³/mol. The van der Waals surface area contributed by atoms with Crippen LogP contribution in [0.25, 0.3) is 5.95 Å². The molecule has 9 heteroatoms. The van der Waals surface area contributed by atoms with Crippen molar-refractivity contribution in [2.75, 3.05) is 30.5 Å². The van der Waals surface area contributed by atoms with E-state index < -0.39 is 0 Å². The van der Waals surface area contributed by atoms with Gasteiger partial charge in [0.1, 0.15) is 6.33 Å². The molecule has 112 valence electrons. The summed E-state index contributed by atoms with van der Waals surface area (Å²) in [6.07, 6.45) is 7.29. The highest BCUT2D eigenvalue weighted by Gasteiger charge is 2.22. The number of anilines is 2. The van der Waals surface area contributed by atoms with E-state index in [0.29, 0.717) is 23.9 Å². The molecule has 0 bridgehead atoms. The van der Waals surface area contributed by atoms with Gasteiger partial charge < -0.3 is 9.64 Å². The van der Waals surface area contributed by atoms with Crippen molar-refractivity contribution in [1.29, 1.82) is 0 Å². The van der Waals surface area contributed by atoms with Crippen molar-refractivity contribution in [3.05, 3.63) is 18.7 Å². The van der Waals surface area contributed by atoms with E-state index in [1.807, 2.05) is 0 Å². The molecule has 0 atom stereocenters. The Morgan fingerprint density at radius 3 is 2.62 bits per heavy atom. The average Bonchev–Trinajstić information content (AvgIpc) is 3.09. The van der Waals surface area contributed by atoms with Crippen molar-refractivity contribution in [3.63, 3.8) is 0 Å². The molecule has 0 unspecified atom stereocenters. The molecule has 2 aromatic heterocycles. The molecule has 1 saturated heterocycles. The van der Waals surface area contributed by atoms with Crippen LogP contribution in [0.15, 0.2) is 18.7 Å². The number of rotatable bonds is 4. The lowest BCUT2D eigenvalue weighted by Crippen LogP contribution is -2.38. The number of nitrogens with two attached hydrogens (primary N) is 1. The minimum absolute atomic E-state index is 0.309. The van der Waals surface area contributed by atoms with Crippen LogP contribution in [-0.2, 0) is 4.74 Å². The van der Waals surface area contributed by atoms with Crippen LogP contribution in [0.5, 0.6) is 0 Å². The molecule has 2 aromatic rings. The Balaban J connectivity index is 1.86. The van der Waals surface area contributed by atoms with Gasteiger partial charge in [0.15, 0.2) is 0 Å². The molecule has 9 nitrogen and oxygen atoms in total. The molecule has 0 saturated carbocycles. The molecule has 21 heavy (non-hydrogen) atoms. The first kappa shape index (κ1) is 13.7. The highest BCUT2D eigenvalue weighted by Crippen LogP contribution is 2.19. The zero-order chi connectivity index (χ0) is 14.7. The maximum absolute atomic E-state index is 5.45. The number of ether oxygens (including phenoxy) is 1. The summed E-state index contributed by atoms with van der Waals surface area (Å²) >= 11 is 0. The van der Waals surface area contributed by atoms with Crippen LogP contribution < -0.4 is 16.2 Å². The molecular formula is C12H18N8O. The number of methoxy groups -OCH3 is 1. The van der Waals surface area contributed by atoms with Gasteiger partial charge in [-0.3, -0.25) is 9.99 Å². The third-order valence-corrected chi connectivity index (χ3v) is 3.53. The van der Waals surface area contributed by atoms with E-state index in [0.717, 1.165) is 25.9 Å². The van der Waals surface area contributed by atoms with E-state index in [-0.39, 0.29) is 0 Å². The van der Waals surface area contributed by atoms with Gasteiger partial charge in [-0.2, -0.15) is 15.0 Å². The third-order valence-electron chi connectivity index (χ3n) is 3.53. The van der Waals surface area contributed by atoms with Gasteiger partial charge in [0.2, 0.25) is 17.8 Å². The average molecular weight is 290 g/mol. The Morgan fingerprint density at radius 2 is 2.00 bits per heavy atom. The van der Waals surface area contributed by atoms with Gasteiger partial charge in [-0.1, -0.05) is 0 Å². The number of imidazole rings is 1. The second kappa shape index (κ2) is 6.02. The van der Waals surface area contributed by atoms with Crippen LogP contribution in [-0.4, -0.2) is 50.8 Å². The van der Waals surface area contributed by atoms with Crippen LogP contribution >= 0.6 is 0 Å². The normalized spacial score (nSPS) is 16.2. The lowest BCUT2D eigenvalue weighted by Gasteiger charge is -2.31. The van der Waals surface area contributed by atoms with Crippen LogP contribution in [0.2, 0.25) is 0 Å². The fraction of sp³-hybridized carbons (Fsp3) is 0.500. The first-order chi connectivity index (χ1) is 10.3. The van der Waals surface area contributed by atoms with E-state index in [9.17, 15) is 0 Å². The Morgan fingerprint density at radius 1 is 1.24 bits per heavy atom. The summed E-state index contributed by atoms with van der Waals surface area (Å²) in [4.78, 5) is 19.2. The zero-order valence-corrected chi connectivity index (χ0v) is 11.8. The van der Waals surface area contributed by atoms with Gasteiger partial charge in [-0.05, 0) is 12.8 Å². The number of hydrogen-bond acceptors (Lipinski definition) is 8. The molecule has 3 heterocycles. The number of piperidine rings is 1. The molecule has 3 rings (SSSR count). The van der Waals surface area contributed by atoms with E-state index >= 15 is 0 Å². The third kappa shape index (κ3) is 2.93. The Labute approximate surface area is 122 Å². The first-order valence-electron chi connectivity index (χ1n) is 6.79. The summed E-state index contributed by atoms with van der Waals surface area (Å²) in [5.74, 6) is 6.87. The summed E-state index contributed by atoms with van der Waals surface area (Å²) in [5, 5.41) is 0. The number of hydrogen-bond donors (Lipinski definition) is 2. The number of nitrogens with one attached hydrogen (secondary N) is 1. The van der Waals surface area contributed by atoms with Crippen molar-refractivity contribution in [2.24, 2.45) is 5.84 Å². The monoisotopic (exact) mass is 290 g/mol. The van der Waals surface area contributed by atoms with Crippen LogP contribution in [0.4, 0.5) is 11.9 Å². The summed E-state index contributed by atoms with van der Waals surface area (Å²) in [7, 11) is 1.75. The topological polar surface area (TPSA) is 107 Å². The molecule has 1 aliphatic rings. The van der Waals surface area contributed by atoms with Crippen molar-refractivity contribution < 1.29 is 4.74 Å². The Kier molecular flexibility index (Phi) is 3.93. The highest BCUT2D eigenvalue weighted by atomic mass is 16.5. The number of aromatic nitrogens is 5. The maximum Gasteiger partial charge on any atom is 0.243 e. The van der Waals surface area contributed by atoms with Gasteiger partial charge in [-0.15, -0.1) is 0 Å². The smallest absolute Gasteiger partial charge is 0.243 e. The summed E-state index contributed by atoms with van der Waals surface area (Å²) in [6.45, 7) is 1.69. The van der Waals surface area contributed by atoms with Gasteiger partial charge in [0.05, 0.1) is 6.10 Å². The Hall–Kier alpha value is -2.26. The van der Waals surface area contributed by atoms with Crippen molar-refractivity contribution in [3.8, 4) is 5.95 Å². The first-order valence-corrected chi connectivity index (χ1v) is 6.79. The zero-order valence-electron chi connectivity index (χ0n) is 11.8. The number of hydrazine groups is 1. The van der Waals surface area contributed by atoms with Gasteiger partial charge in [0.25, 0.3) is 0 Å².